The van der Waals surface area contributed by atoms with Gasteiger partial charge in [-0.3, -0.25) is 24.6 Å². The highest BCUT2D eigenvalue weighted by Gasteiger charge is 2.39. The van der Waals surface area contributed by atoms with Crippen molar-refractivity contribution >= 4 is 17.7 Å². The molecular formula is C22H30N4O3. The third-order valence-electron chi connectivity index (χ3n) is 6.42. The molecule has 2 fully saturated rings. The molecule has 2 saturated heterocycles. The lowest BCUT2D eigenvalue weighted by Crippen LogP contribution is -2.52. The minimum Gasteiger partial charge on any atom is -0.330 e. The number of nitrogens with one attached hydrogen (secondary N) is 1. The largest absolute Gasteiger partial charge is 0.330 e. The summed E-state index contributed by atoms with van der Waals surface area (Å²) in [6.07, 6.45) is 1.82. The summed E-state index contributed by atoms with van der Waals surface area (Å²) in [6, 6.07) is 5.43. The Hall–Kier alpha value is -2.25. The summed E-state index contributed by atoms with van der Waals surface area (Å²) in [7, 11) is 0. The highest BCUT2D eigenvalue weighted by molar-refractivity contribution is 6.05. The van der Waals surface area contributed by atoms with Crippen LogP contribution in [-0.4, -0.2) is 53.2 Å². The molecule has 1 unspecified atom stereocenters. The molecule has 1 aromatic carbocycles. The van der Waals surface area contributed by atoms with Crippen LogP contribution in [0.15, 0.2) is 18.2 Å². The lowest BCUT2D eigenvalue weighted by atomic mass is 9.79. The first kappa shape index (κ1) is 20.0. The maximum Gasteiger partial charge on any atom is 0.255 e. The van der Waals surface area contributed by atoms with Gasteiger partial charge in [-0.25, -0.2) is 0 Å². The fraction of sp³-hybridized carbons (Fsp3) is 0.591. The first-order chi connectivity index (χ1) is 13.8. The van der Waals surface area contributed by atoms with Crippen LogP contribution in [0, 0.1) is 11.3 Å². The molecule has 3 amide bonds. The van der Waals surface area contributed by atoms with E-state index in [4.69, 9.17) is 5.73 Å². The van der Waals surface area contributed by atoms with E-state index in [0.717, 1.165) is 31.6 Å². The molecule has 29 heavy (non-hydrogen) atoms. The minimum absolute atomic E-state index is 0.117. The Morgan fingerprint density at radius 3 is 2.66 bits per heavy atom. The number of hydrogen-bond acceptors (Lipinski definition) is 5. The topological polar surface area (TPSA) is 95.7 Å². The smallest absolute Gasteiger partial charge is 0.255 e. The van der Waals surface area contributed by atoms with E-state index >= 15 is 0 Å². The molecule has 1 aromatic rings. The van der Waals surface area contributed by atoms with Crippen LogP contribution >= 0.6 is 0 Å². The third-order valence-corrected chi connectivity index (χ3v) is 6.42. The van der Waals surface area contributed by atoms with Crippen molar-refractivity contribution in [1.29, 1.82) is 0 Å². The average Bonchev–Trinajstić information content (AvgIpc) is 2.96. The molecule has 0 radical (unpaired) electrons. The summed E-state index contributed by atoms with van der Waals surface area (Å²) < 4.78 is 0. The van der Waals surface area contributed by atoms with Crippen molar-refractivity contribution < 1.29 is 14.4 Å². The molecule has 0 aliphatic carbocycles. The van der Waals surface area contributed by atoms with E-state index in [2.05, 4.69) is 30.1 Å². The lowest BCUT2D eigenvalue weighted by Gasteiger charge is -2.42. The average molecular weight is 399 g/mol. The van der Waals surface area contributed by atoms with Gasteiger partial charge in [-0.15, -0.1) is 0 Å². The Morgan fingerprint density at radius 1 is 1.21 bits per heavy atom. The zero-order chi connectivity index (χ0) is 20.8. The van der Waals surface area contributed by atoms with Crippen molar-refractivity contribution in [3.63, 3.8) is 0 Å². The SMILES string of the molecule is CC(C)(CN)CC1CN(Cc2ccc3c(c2)CN(C2CCC(=O)NC2=O)C3=O)C1. The van der Waals surface area contributed by atoms with Crippen molar-refractivity contribution in [2.45, 2.75) is 52.2 Å². The number of piperidine rings is 1. The monoisotopic (exact) mass is 398 g/mol. The Bertz CT molecular complexity index is 844. The first-order valence-corrected chi connectivity index (χ1v) is 10.4. The highest BCUT2D eigenvalue weighted by Crippen LogP contribution is 2.32. The fourth-order valence-corrected chi connectivity index (χ4v) is 4.78. The standard InChI is InChI=1S/C22H30N4O3/c1-22(2,13-23)8-15-10-25(11-15)9-14-3-4-17-16(7-14)12-26(21(17)29)18-5-6-19(27)24-20(18)28/h3-4,7,15,18H,5-6,8-13,23H2,1-2H3,(H,24,27,28). The van der Waals surface area contributed by atoms with E-state index in [1.807, 2.05) is 12.1 Å². The van der Waals surface area contributed by atoms with E-state index in [1.165, 1.54) is 5.56 Å². The maximum absolute atomic E-state index is 12.8. The molecule has 7 nitrogen and oxygen atoms in total. The van der Waals surface area contributed by atoms with Gasteiger partial charge in [0, 0.05) is 38.2 Å². The number of rotatable bonds is 6. The predicted molar refractivity (Wildman–Crippen MR) is 109 cm³/mol. The van der Waals surface area contributed by atoms with Crippen LogP contribution in [0.2, 0.25) is 0 Å². The number of imide groups is 1. The number of carbonyl (C=O) groups is 3. The van der Waals surface area contributed by atoms with Crippen LogP contribution in [0.4, 0.5) is 0 Å². The van der Waals surface area contributed by atoms with Crippen molar-refractivity contribution in [1.82, 2.24) is 15.1 Å². The molecule has 7 heteroatoms. The fourth-order valence-electron chi connectivity index (χ4n) is 4.78. The molecule has 3 heterocycles. The van der Waals surface area contributed by atoms with Crippen LogP contribution in [0.3, 0.4) is 0 Å². The summed E-state index contributed by atoms with van der Waals surface area (Å²) in [6.45, 7) is 8.64. The highest BCUT2D eigenvalue weighted by atomic mass is 16.2. The summed E-state index contributed by atoms with van der Waals surface area (Å²) in [5.74, 6) is -0.0447. The van der Waals surface area contributed by atoms with Crippen molar-refractivity contribution in [2.75, 3.05) is 19.6 Å². The molecule has 3 aliphatic rings. The summed E-state index contributed by atoms with van der Waals surface area (Å²) in [5.41, 5.74) is 8.88. The van der Waals surface area contributed by atoms with Gasteiger partial charge in [-0.2, -0.15) is 0 Å². The van der Waals surface area contributed by atoms with Crippen molar-refractivity contribution in [3.05, 3.63) is 34.9 Å². The zero-order valence-electron chi connectivity index (χ0n) is 17.2. The van der Waals surface area contributed by atoms with E-state index in [-0.39, 0.29) is 29.6 Å². The van der Waals surface area contributed by atoms with Gasteiger partial charge in [0.15, 0.2) is 0 Å². The van der Waals surface area contributed by atoms with Crippen LogP contribution in [0.5, 0.6) is 0 Å². The van der Waals surface area contributed by atoms with Crippen molar-refractivity contribution in [3.8, 4) is 0 Å². The molecular weight excluding hydrogens is 368 g/mol. The Kier molecular flexibility index (Phi) is 5.21. The van der Waals surface area contributed by atoms with Gasteiger partial charge in [-0.05, 0) is 47.9 Å². The van der Waals surface area contributed by atoms with Gasteiger partial charge < -0.3 is 10.6 Å². The van der Waals surface area contributed by atoms with E-state index in [0.29, 0.717) is 31.0 Å². The van der Waals surface area contributed by atoms with Gasteiger partial charge in [0.1, 0.15) is 6.04 Å². The molecule has 0 spiro atoms. The number of nitrogens with zero attached hydrogens (tertiary/aromatic N) is 2. The maximum atomic E-state index is 12.8. The molecule has 0 saturated carbocycles. The zero-order valence-corrected chi connectivity index (χ0v) is 17.2. The lowest BCUT2D eigenvalue weighted by molar-refractivity contribution is -0.136. The predicted octanol–water partition coefficient (Wildman–Crippen LogP) is 1.25. The van der Waals surface area contributed by atoms with Gasteiger partial charge in [-0.1, -0.05) is 26.0 Å². The second-order valence-electron chi connectivity index (χ2n) is 9.52. The number of benzene rings is 1. The molecule has 3 aliphatic heterocycles. The normalized spacial score (nSPS) is 23.2. The van der Waals surface area contributed by atoms with E-state index < -0.39 is 6.04 Å². The Balaban J connectivity index is 1.36. The number of fused-ring (bicyclic) bond motifs is 1. The number of hydrogen-bond donors (Lipinski definition) is 2. The molecule has 1 atom stereocenters. The van der Waals surface area contributed by atoms with E-state index in [9.17, 15) is 14.4 Å². The Labute approximate surface area is 171 Å². The van der Waals surface area contributed by atoms with Gasteiger partial charge in [0.05, 0.1) is 0 Å². The summed E-state index contributed by atoms with van der Waals surface area (Å²) in [4.78, 5) is 40.3. The molecule has 0 aromatic heterocycles. The van der Waals surface area contributed by atoms with Crippen LogP contribution in [0.25, 0.3) is 0 Å². The third kappa shape index (κ3) is 4.07. The van der Waals surface area contributed by atoms with Crippen LogP contribution < -0.4 is 11.1 Å². The second kappa shape index (κ2) is 7.54. The molecule has 156 valence electrons. The molecule has 4 rings (SSSR count). The summed E-state index contributed by atoms with van der Waals surface area (Å²) in [5, 5.41) is 2.34. The molecule has 0 bridgehead atoms. The van der Waals surface area contributed by atoms with E-state index in [1.54, 1.807) is 4.90 Å². The van der Waals surface area contributed by atoms with Crippen LogP contribution in [-0.2, 0) is 22.7 Å². The summed E-state index contributed by atoms with van der Waals surface area (Å²) >= 11 is 0. The van der Waals surface area contributed by atoms with Gasteiger partial charge in [0.2, 0.25) is 11.8 Å². The first-order valence-electron chi connectivity index (χ1n) is 10.4. The van der Waals surface area contributed by atoms with Crippen molar-refractivity contribution in [2.24, 2.45) is 17.1 Å². The van der Waals surface area contributed by atoms with Crippen LogP contribution in [0.1, 0.15) is 54.6 Å². The quantitative estimate of drug-likeness (QED) is 0.704. The minimum atomic E-state index is -0.557. The second-order valence-corrected chi connectivity index (χ2v) is 9.52. The van der Waals surface area contributed by atoms with Gasteiger partial charge in [0.25, 0.3) is 5.91 Å². The number of carbonyl (C=O) groups excluding carboxylic acids is 3. The number of amides is 3. The van der Waals surface area contributed by atoms with Gasteiger partial charge >= 0.3 is 0 Å². The number of likely N-dealkylation sites (tertiary alicyclic amines) is 1. The number of nitrogens with two attached hydrogens (primary N) is 1. The Morgan fingerprint density at radius 2 is 1.97 bits per heavy atom. The molecule has 3 N–H and O–H groups in total.